The van der Waals surface area contributed by atoms with E-state index in [0.717, 1.165) is 11.1 Å². The van der Waals surface area contributed by atoms with Gasteiger partial charge in [0.2, 0.25) is 5.91 Å². The lowest BCUT2D eigenvalue weighted by atomic mass is 10.2. The summed E-state index contributed by atoms with van der Waals surface area (Å²) in [5.74, 6) is -0.231. The molecule has 6 nitrogen and oxygen atoms in total. The standard InChI is InChI=1S/C20H22N2O4/c23-19(21-15-17-9-3-1-4-10-17)13-7-8-14-22(25)20(24)26-16-18-11-5-2-6-12-18/h1-7,9-13,25H,8,14-16H2,(H,21,23)/b13-7+. The molecular weight excluding hydrogens is 332 g/mol. The minimum Gasteiger partial charge on any atom is -0.443 e. The molecule has 0 aliphatic rings. The van der Waals surface area contributed by atoms with Crippen LogP contribution in [-0.2, 0) is 22.7 Å². The van der Waals surface area contributed by atoms with E-state index in [1.165, 1.54) is 6.08 Å². The number of hydrogen-bond donors (Lipinski definition) is 2. The molecule has 0 saturated heterocycles. The van der Waals surface area contributed by atoms with Crippen molar-refractivity contribution in [3.8, 4) is 0 Å². The van der Waals surface area contributed by atoms with Crippen LogP contribution in [0.3, 0.4) is 0 Å². The number of rotatable bonds is 8. The Morgan fingerprint density at radius 1 is 1.00 bits per heavy atom. The van der Waals surface area contributed by atoms with E-state index in [4.69, 9.17) is 4.74 Å². The summed E-state index contributed by atoms with van der Waals surface area (Å²) in [5.41, 5.74) is 1.85. The van der Waals surface area contributed by atoms with Crippen LogP contribution in [0.4, 0.5) is 4.79 Å². The lowest BCUT2D eigenvalue weighted by Gasteiger charge is -2.13. The van der Waals surface area contributed by atoms with E-state index in [1.807, 2.05) is 60.7 Å². The smallest absolute Gasteiger partial charge is 0.434 e. The van der Waals surface area contributed by atoms with E-state index in [0.29, 0.717) is 18.0 Å². The summed E-state index contributed by atoms with van der Waals surface area (Å²) in [4.78, 5) is 23.3. The molecule has 2 aromatic carbocycles. The van der Waals surface area contributed by atoms with Crippen LogP contribution >= 0.6 is 0 Å². The quantitative estimate of drug-likeness (QED) is 0.433. The van der Waals surface area contributed by atoms with Crippen molar-refractivity contribution in [1.29, 1.82) is 0 Å². The highest BCUT2D eigenvalue weighted by atomic mass is 16.6. The molecule has 0 saturated carbocycles. The van der Waals surface area contributed by atoms with Crippen molar-refractivity contribution < 1.29 is 19.5 Å². The largest absolute Gasteiger partial charge is 0.443 e. The maximum Gasteiger partial charge on any atom is 0.434 e. The Morgan fingerprint density at radius 2 is 1.62 bits per heavy atom. The van der Waals surface area contributed by atoms with Crippen LogP contribution in [0.15, 0.2) is 72.8 Å². The van der Waals surface area contributed by atoms with Crippen LogP contribution in [-0.4, -0.2) is 28.8 Å². The van der Waals surface area contributed by atoms with Gasteiger partial charge in [-0.3, -0.25) is 10.0 Å². The number of hydroxylamine groups is 2. The van der Waals surface area contributed by atoms with Gasteiger partial charge in [0.05, 0.1) is 6.54 Å². The van der Waals surface area contributed by atoms with Crippen molar-refractivity contribution in [3.63, 3.8) is 0 Å². The molecule has 2 rings (SSSR count). The van der Waals surface area contributed by atoms with Gasteiger partial charge in [0.1, 0.15) is 6.61 Å². The van der Waals surface area contributed by atoms with E-state index >= 15 is 0 Å². The van der Waals surface area contributed by atoms with Crippen molar-refractivity contribution in [2.45, 2.75) is 19.6 Å². The zero-order chi connectivity index (χ0) is 18.6. The minimum atomic E-state index is -0.823. The molecule has 0 spiro atoms. The number of carbonyl (C=O) groups excluding carboxylic acids is 2. The predicted octanol–water partition coefficient (Wildman–Crippen LogP) is 3.28. The molecule has 0 aliphatic heterocycles. The second-order valence-corrected chi connectivity index (χ2v) is 5.56. The molecule has 0 radical (unpaired) electrons. The van der Waals surface area contributed by atoms with Crippen molar-refractivity contribution >= 4 is 12.0 Å². The fraction of sp³-hybridized carbons (Fsp3) is 0.200. The van der Waals surface area contributed by atoms with Crippen LogP contribution in [0.2, 0.25) is 0 Å². The number of nitrogens with one attached hydrogen (secondary N) is 1. The Hall–Kier alpha value is -3.12. The molecular formula is C20H22N2O4. The number of carbonyl (C=O) groups is 2. The maximum absolute atomic E-state index is 11.7. The van der Waals surface area contributed by atoms with Gasteiger partial charge in [0, 0.05) is 6.54 Å². The van der Waals surface area contributed by atoms with Crippen molar-refractivity contribution in [2.24, 2.45) is 0 Å². The number of amides is 2. The topological polar surface area (TPSA) is 78.9 Å². The van der Waals surface area contributed by atoms with Gasteiger partial charge in [-0.15, -0.1) is 0 Å². The van der Waals surface area contributed by atoms with E-state index in [1.54, 1.807) is 6.08 Å². The molecule has 0 atom stereocenters. The highest BCUT2D eigenvalue weighted by molar-refractivity contribution is 5.87. The summed E-state index contributed by atoms with van der Waals surface area (Å²) in [6.07, 6.45) is 2.48. The highest BCUT2D eigenvalue weighted by Crippen LogP contribution is 2.03. The fourth-order valence-electron chi connectivity index (χ4n) is 2.12. The average molecular weight is 354 g/mol. The molecule has 0 fully saturated rings. The summed E-state index contributed by atoms with van der Waals surface area (Å²) in [5, 5.41) is 12.9. The number of hydrogen-bond acceptors (Lipinski definition) is 4. The van der Waals surface area contributed by atoms with Crippen LogP contribution < -0.4 is 5.32 Å². The molecule has 0 heterocycles. The van der Waals surface area contributed by atoms with Gasteiger partial charge >= 0.3 is 6.09 Å². The van der Waals surface area contributed by atoms with Crippen LogP contribution in [0.5, 0.6) is 0 Å². The Kier molecular flexibility index (Phi) is 7.89. The predicted molar refractivity (Wildman–Crippen MR) is 97.2 cm³/mol. The summed E-state index contributed by atoms with van der Waals surface area (Å²) in [6.45, 7) is 0.576. The van der Waals surface area contributed by atoms with E-state index in [2.05, 4.69) is 5.32 Å². The third-order valence-corrected chi connectivity index (χ3v) is 3.50. The van der Waals surface area contributed by atoms with Gasteiger partial charge in [0.25, 0.3) is 0 Å². The summed E-state index contributed by atoms with van der Waals surface area (Å²) < 4.78 is 4.99. The second-order valence-electron chi connectivity index (χ2n) is 5.56. The molecule has 0 unspecified atom stereocenters. The zero-order valence-electron chi connectivity index (χ0n) is 14.4. The van der Waals surface area contributed by atoms with E-state index < -0.39 is 6.09 Å². The first-order valence-electron chi connectivity index (χ1n) is 8.30. The molecule has 0 bridgehead atoms. The fourth-order valence-corrected chi connectivity index (χ4v) is 2.12. The van der Waals surface area contributed by atoms with Crippen molar-refractivity contribution in [3.05, 3.63) is 83.9 Å². The van der Waals surface area contributed by atoms with Crippen molar-refractivity contribution in [2.75, 3.05) is 6.54 Å². The molecule has 2 aromatic rings. The van der Waals surface area contributed by atoms with Gasteiger partial charge in [0.15, 0.2) is 0 Å². The summed E-state index contributed by atoms with van der Waals surface area (Å²) in [7, 11) is 0. The lowest BCUT2D eigenvalue weighted by Crippen LogP contribution is -2.28. The molecule has 26 heavy (non-hydrogen) atoms. The van der Waals surface area contributed by atoms with Crippen LogP contribution in [0.25, 0.3) is 0 Å². The first-order chi connectivity index (χ1) is 12.6. The normalized spacial score (nSPS) is 10.5. The van der Waals surface area contributed by atoms with E-state index in [-0.39, 0.29) is 19.1 Å². The highest BCUT2D eigenvalue weighted by Gasteiger charge is 2.11. The lowest BCUT2D eigenvalue weighted by molar-refractivity contribution is -0.116. The third kappa shape index (κ3) is 7.19. The van der Waals surface area contributed by atoms with E-state index in [9.17, 15) is 14.8 Å². The Morgan fingerprint density at radius 3 is 2.27 bits per heavy atom. The molecule has 0 aromatic heterocycles. The minimum absolute atomic E-state index is 0.0378. The second kappa shape index (κ2) is 10.7. The first-order valence-corrected chi connectivity index (χ1v) is 8.30. The number of nitrogens with zero attached hydrogens (tertiary/aromatic N) is 1. The van der Waals surface area contributed by atoms with Crippen LogP contribution in [0, 0.1) is 0 Å². The summed E-state index contributed by atoms with van der Waals surface area (Å²) >= 11 is 0. The van der Waals surface area contributed by atoms with Gasteiger partial charge in [-0.05, 0) is 23.6 Å². The zero-order valence-corrected chi connectivity index (χ0v) is 14.4. The number of benzene rings is 2. The maximum atomic E-state index is 11.7. The average Bonchev–Trinajstić information content (AvgIpc) is 2.69. The van der Waals surface area contributed by atoms with Gasteiger partial charge in [-0.25, -0.2) is 4.79 Å². The third-order valence-electron chi connectivity index (χ3n) is 3.50. The van der Waals surface area contributed by atoms with Gasteiger partial charge in [-0.1, -0.05) is 66.7 Å². The van der Waals surface area contributed by atoms with Gasteiger partial charge in [-0.2, -0.15) is 5.06 Å². The Bertz CT molecular complexity index is 717. The molecule has 0 aliphatic carbocycles. The monoisotopic (exact) mass is 354 g/mol. The Balaban J connectivity index is 1.62. The molecule has 6 heteroatoms. The molecule has 2 amide bonds. The van der Waals surface area contributed by atoms with Crippen LogP contribution in [0.1, 0.15) is 17.5 Å². The SMILES string of the molecule is O=C(/C=C/CCN(O)C(=O)OCc1ccccc1)NCc1ccccc1. The first kappa shape index (κ1) is 19.2. The number of ether oxygens (including phenoxy) is 1. The Labute approximate surface area is 152 Å². The summed E-state index contributed by atoms with van der Waals surface area (Å²) in [6, 6.07) is 18.8. The molecule has 2 N–H and O–H groups in total. The van der Waals surface area contributed by atoms with Gasteiger partial charge < -0.3 is 10.1 Å². The van der Waals surface area contributed by atoms with Crippen molar-refractivity contribution in [1.82, 2.24) is 10.4 Å². The molecule has 136 valence electrons.